The van der Waals surface area contributed by atoms with Crippen LogP contribution in [0.4, 0.5) is 0 Å². The molecule has 1 aliphatic rings. The van der Waals surface area contributed by atoms with Gasteiger partial charge < -0.3 is 4.90 Å². The highest BCUT2D eigenvalue weighted by molar-refractivity contribution is 6.30. The molecule has 3 aromatic rings. The van der Waals surface area contributed by atoms with Crippen LogP contribution in [0, 0.1) is 11.3 Å². The van der Waals surface area contributed by atoms with Crippen LogP contribution in [0.3, 0.4) is 0 Å². The molecule has 1 unspecified atom stereocenters. The SMILES string of the molecule is CCCCCC1CN(Cc2ccc(C#N)cc2)C(=O)c2cc(-c3ccc(Cl)cc3)nn21. The summed E-state index contributed by atoms with van der Waals surface area (Å²) >= 11 is 6.03. The van der Waals surface area contributed by atoms with Crippen LogP contribution >= 0.6 is 11.6 Å². The Morgan fingerprint density at radius 2 is 1.87 bits per heavy atom. The first-order chi connectivity index (χ1) is 15.1. The molecule has 0 saturated heterocycles. The molecule has 2 aromatic carbocycles. The Labute approximate surface area is 187 Å². The van der Waals surface area contributed by atoms with Gasteiger partial charge in [0.1, 0.15) is 5.69 Å². The van der Waals surface area contributed by atoms with Gasteiger partial charge in [0.2, 0.25) is 0 Å². The van der Waals surface area contributed by atoms with Crippen LogP contribution in [0.25, 0.3) is 11.3 Å². The van der Waals surface area contributed by atoms with E-state index in [9.17, 15) is 4.79 Å². The lowest BCUT2D eigenvalue weighted by Crippen LogP contribution is -2.42. The van der Waals surface area contributed by atoms with E-state index in [-0.39, 0.29) is 11.9 Å². The van der Waals surface area contributed by atoms with Gasteiger partial charge in [0.25, 0.3) is 5.91 Å². The van der Waals surface area contributed by atoms with Crippen LogP contribution in [-0.2, 0) is 6.54 Å². The van der Waals surface area contributed by atoms with Crippen molar-refractivity contribution in [2.45, 2.75) is 45.2 Å². The summed E-state index contributed by atoms with van der Waals surface area (Å²) in [5, 5.41) is 14.5. The van der Waals surface area contributed by atoms with Crippen LogP contribution < -0.4 is 0 Å². The number of nitrogens with zero attached hydrogens (tertiary/aromatic N) is 4. The molecule has 0 spiro atoms. The molecule has 0 radical (unpaired) electrons. The highest BCUT2D eigenvalue weighted by atomic mass is 35.5. The quantitative estimate of drug-likeness (QED) is 0.440. The zero-order valence-corrected chi connectivity index (χ0v) is 18.3. The molecular weight excluding hydrogens is 408 g/mol. The highest BCUT2D eigenvalue weighted by Crippen LogP contribution is 2.30. The smallest absolute Gasteiger partial charge is 0.272 e. The van der Waals surface area contributed by atoms with Gasteiger partial charge in [-0.15, -0.1) is 0 Å². The molecule has 6 heteroatoms. The van der Waals surface area contributed by atoms with Crippen LogP contribution in [0.1, 0.15) is 60.3 Å². The van der Waals surface area contributed by atoms with Gasteiger partial charge in [0.15, 0.2) is 0 Å². The van der Waals surface area contributed by atoms with Crippen molar-refractivity contribution >= 4 is 17.5 Å². The molecule has 0 bridgehead atoms. The minimum absolute atomic E-state index is 0.0104. The zero-order chi connectivity index (χ0) is 21.8. The van der Waals surface area contributed by atoms with E-state index < -0.39 is 0 Å². The van der Waals surface area contributed by atoms with Crippen LogP contribution in [0.5, 0.6) is 0 Å². The van der Waals surface area contributed by atoms with Crippen molar-refractivity contribution in [3.8, 4) is 17.3 Å². The van der Waals surface area contributed by atoms with Gasteiger partial charge >= 0.3 is 0 Å². The summed E-state index contributed by atoms with van der Waals surface area (Å²) in [5.74, 6) is -0.0104. The first-order valence-electron chi connectivity index (χ1n) is 10.7. The maximum atomic E-state index is 13.3. The summed E-state index contributed by atoms with van der Waals surface area (Å²) in [6.45, 7) is 3.35. The first kappa shape index (κ1) is 21.1. The zero-order valence-electron chi connectivity index (χ0n) is 17.6. The van der Waals surface area contributed by atoms with Gasteiger partial charge in [-0.1, -0.05) is 62.1 Å². The molecule has 0 saturated carbocycles. The van der Waals surface area contributed by atoms with Crippen molar-refractivity contribution < 1.29 is 4.79 Å². The molecule has 1 atom stereocenters. The maximum absolute atomic E-state index is 13.3. The van der Waals surface area contributed by atoms with Crippen molar-refractivity contribution in [1.82, 2.24) is 14.7 Å². The Morgan fingerprint density at radius 3 is 2.55 bits per heavy atom. The fraction of sp³-hybridized carbons (Fsp3) is 0.320. The van der Waals surface area contributed by atoms with Crippen molar-refractivity contribution in [3.63, 3.8) is 0 Å². The lowest BCUT2D eigenvalue weighted by molar-refractivity contribution is 0.0634. The number of fused-ring (bicyclic) bond motifs is 1. The Morgan fingerprint density at radius 1 is 1.13 bits per heavy atom. The number of halogens is 1. The third-order valence-corrected chi connectivity index (χ3v) is 6.01. The van der Waals surface area contributed by atoms with Gasteiger partial charge in [-0.2, -0.15) is 10.4 Å². The van der Waals surface area contributed by atoms with Crippen LogP contribution in [-0.4, -0.2) is 27.1 Å². The summed E-state index contributed by atoms with van der Waals surface area (Å²) in [6.07, 6.45) is 4.42. The van der Waals surface area contributed by atoms with E-state index in [0.717, 1.165) is 36.1 Å². The summed E-state index contributed by atoms with van der Waals surface area (Å²) in [7, 11) is 0. The van der Waals surface area contributed by atoms with Crippen molar-refractivity contribution in [1.29, 1.82) is 5.26 Å². The van der Waals surface area contributed by atoms with Gasteiger partial charge in [-0.05, 0) is 42.3 Å². The van der Waals surface area contributed by atoms with Crippen LogP contribution in [0.2, 0.25) is 5.02 Å². The number of aromatic nitrogens is 2. The summed E-state index contributed by atoms with van der Waals surface area (Å²) in [6, 6.07) is 19.2. The Hall–Kier alpha value is -3.10. The summed E-state index contributed by atoms with van der Waals surface area (Å²) in [4.78, 5) is 15.2. The fourth-order valence-electron chi connectivity index (χ4n) is 4.06. The Kier molecular flexibility index (Phi) is 6.39. The molecule has 0 fully saturated rings. The molecule has 158 valence electrons. The fourth-order valence-corrected chi connectivity index (χ4v) is 4.18. The number of amides is 1. The number of benzene rings is 2. The van der Waals surface area contributed by atoms with E-state index >= 15 is 0 Å². The summed E-state index contributed by atoms with van der Waals surface area (Å²) < 4.78 is 1.93. The lowest BCUT2D eigenvalue weighted by atomic mass is 10.0. The second-order valence-electron chi connectivity index (χ2n) is 8.01. The average molecular weight is 433 g/mol. The predicted molar refractivity (Wildman–Crippen MR) is 122 cm³/mol. The van der Waals surface area contributed by atoms with Crippen molar-refractivity contribution in [2.75, 3.05) is 6.54 Å². The topological polar surface area (TPSA) is 61.9 Å². The second-order valence-corrected chi connectivity index (χ2v) is 8.45. The molecule has 1 amide bonds. The third-order valence-electron chi connectivity index (χ3n) is 5.76. The summed E-state index contributed by atoms with van der Waals surface area (Å²) in [5.41, 5.74) is 4.01. The van der Waals surface area contributed by atoms with E-state index in [1.165, 1.54) is 6.42 Å². The van der Waals surface area contributed by atoms with Crippen molar-refractivity contribution in [2.24, 2.45) is 0 Å². The predicted octanol–water partition coefficient (Wildman–Crippen LogP) is 5.85. The Bertz CT molecular complexity index is 1100. The number of nitriles is 1. The number of hydrogen-bond acceptors (Lipinski definition) is 3. The van der Waals surface area contributed by atoms with Gasteiger partial charge in [0, 0.05) is 23.7 Å². The normalized spacial score (nSPS) is 15.6. The number of unbranched alkanes of at least 4 members (excludes halogenated alkanes) is 2. The second kappa shape index (κ2) is 9.36. The first-order valence-corrected chi connectivity index (χ1v) is 11.1. The van der Waals surface area contributed by atoms with E-state index in [2.05, 4.69) is 13.0 Å². The number of carbonyl (C=O) groups is 1. The molecule has 5 nitrogen and oxygen atoms in total. The standard InChI is InChI=1S/C25H25ClN4O/c1-2-3-4-5-22-17-29(16-19-8-6-18(15-27)7-9-19)25(31)24-14-23(28-30(22)24)20-10-12-21(26)13-11-20/h6-14,22H,2-5,16-17H2,1H3. The molecule has 0 aliphatic carbocycles. The third kappa shape index (κ3) is 4.65. The van der Waals surface area contributed by atoms with E-state index in [1.54, 1.807) is 12.1 Å². The Balaban J connectivity index is 1.63. The number of carbonyl (C=O) groups excluding carboxylic acids is 1. The highest BCUT2D eigenvalue weighted by Gasteiger charge is 2.32. The van der Waals surface area contributed by atoms with E-state index in [0.29, 0.717) is 29.4 Å². The molecule has 4 rings (SSSR count). The van der Waals surface area contributed by atoms with Gasteiger partial charge in [-0.3, -0.25) is 9.48 Å². The van der Waals surface area contributed by atoms with E-state index in [1.807, 2.05) is 52.0 Å². The van der Waals surface area contributed by atoms with Crippen LogP contribution in [0.15, 0.2) is 54.6 Å². The molecule has 31 heavy (non-hydrogen) atoms. The largest absolute Gasteiger partial charge is 0.331 e. The molecular formula is C25H25ClN4O. The minimum Gasteiger partial charge on any atom is -0.331 e. The average Bonchev–Trinajstić information content (AvgIpc) is 3.24. The van der Waals surface area contributed by atoms with Crippen molar-refractivity contribution in [3.05, 3.63) is 76.4 Å². The van der Waals surface area contributed by atoms with Gasteiger partial charge in [-0.25, -0.2) is 0 Å². The molecule has 0 N–H and O–H groups in total. The molecule has 1 aliphatic heterocycles. The molecule has 1 aromatic heterocycles. The van der Waals surface area contributed by atoms with E-state index in [4.69, 9.17) is 22.0 Å². The molecule has 2 heterocycles. The number of hydrogen-bond donors (Lipinski definition) is 0. The lowest BCUT2D eigenvalue weighted by Gasteiger charge is -2.33. The monoisotopic (exact) mass is 432 g/mol. The number of rotatable bonds is 7. The minimum atomic E-state index is -0.0104. The van der Waals surface area contributed by atoms with Gasteiger partial charge in [0.05, 0.1) is 23.4 Å². The maximum Gasteiger partial charge on any atom is 0.272 e.